The van der Waals surface area contributed by atoms with Crippen LogP contribution in [0.2, 0.25) is 0 Å². The Labute approximate surface area is 155 Å². The summed E-state index contributed by atoms with van der Waals surface area (Å²) in [5.74, 6) is 0.600. The number of methoxy groups -OCH3 is 2. The van der Waals surface area contributed by atoms with E-state index in [2.05, 4.69) is 10.0 Å². The number of ether oxygens (including phenoxy) is 2. The first kappa shape index (κ1) is 22.0. The van der Waals surface area contributed by atoms with Gasteiger partial charge in [0.2, 0.25) is 10.0 Å². The van der Waals surface area contributed by atoms with Crippen LogP contribution in [0.25, 0.3) is 0 Å². The van der Waals surface area contributed by atoms with Gasteiger partial charge in [-0.05, 0) is 25.0 Å². The van der Waals surface area contributed by atoms with Crippen molar-refractivity contribution in [3.63, 3.8) is 0 Å². The smallest absolute Gasteiger partial charge is 0.321 e. The van der Waals surface area contributed by atoms with Gasteiger partial charge in [-0.25, -0.2) is 13.2 Å². The lowest BCUT2D eigenvalue weighted by molar-refractivity contribution is 0.150. The molecule has 0 bridgehead atoms. The Morgan fingerprint density at radius 2 is 1.96 bits per heavy atom. The number of carbonyl (C=O) groups excluding carboxylic acids is 1. The van der Waals surface area contributed by atoms with Gasteiger partial charge in [-0.2, -0.15) is 0 Å². The molecule has 0 atom stereocenters. The number of benzene rings is 1. The van der Waals surface area contributed by atoms with Gasteiger partial charge in [-0.1, -0.05) is 13.8 Å². The van der Waals surface area contributed by atoms with Gasteiger partial charge >= 0.3 is 6.03 Å². The van der Waals surface area contributed by atoms with E-state index in [9.17, 15) is 13.2 Å². The highest BCUT2D eigenvalue weighted by Gasteiger charge is 2.16. The number of sulfonamides is 1. The summed E-state index contributed by atoms with van der Waals surface area (Å²) in [6, 6.07) is 4.51. The average molecular weight is 388 g/mol. The number of anilines is 2. The highest BCUT2D eigenvalue weighted by Crippen LogP contribution is 2.29. The van der Waals surface area contributed by atoms with Gasteiger partial charge in [0.15, 0.2) is 0 Å². The Morgan fingerprint density at radius 1 is 1.27 bits per heavy atom. The molecular formula is C17H29N3O5S. The summed E-state index contributed by atoms with van der Waals surface area (Å²) in [4.78, 5) is 14.2. The Hall–Kier alpha value is -2.00. The molecular weight excluding hydrogens is 358 g/mol. The fourth-order valence-electron chi connectivity index (χ4n) is 2.21. The van der Waals surface area contributed by atoms with E-state index >= 15 is 0 Å². The van der Waals surface area contributed by atoms with Gasteiger partial charge in [0.25, 0.3) is 0 Å². The molecule has 0 spiro atoms. The predicted octanol–water partition coefficient (Wildman–Crippen LogP) is 2.59. The number of nitrogens with zero attached hydrogens (tertiary/aromatic N) is 1. The zero-order chi connectivity index (χ0) is 19.7. The van der Waals surface area contributed by atoms with Crippen LogP contribution in [0.15, 0.2) is 18.2 Å². The van der Waals surface area contributed by atoms with E-state index in [4.69, 9.17) is 9.47 Å². The summed E-state index contributed by atoms with van der Waals surface area (Å²) in [7, 11) is -0.389. The number of hydrogen-bond donors (Lipinski definition) is 2. The third-order valence-electron chi connectivity index (χ3n) is 3.54. The minimum absolute atomic E-state index is 0.0433. The van der Waals surface area contributed by atoms with E-state index in [1.807, 2.05) is 13.8 Å². The lowest BCUT2D eigenvalue weighted by Gasteiger charge is -2.24. The molecule has 8 nitrogen and oxygen atoms in total. The molecule has 0 radical (unpaired) electrons. The van der Waals surface area contributed by atoms with Gasteiger partial charge in [0, 0.05) is 32.0 Å². The normalized spacial score (nSPS) is 11.3. The Morgan fingerprint density at radius 3 is 2.50 bits per heavy atom. The van der Waals surface area contributed by atoms with Crippen LogP contribution in [-0.4, -0.2) is 59.0 Å². The number of hydrogen-bond acceptors (Lipinski definition) is 5. The summed E-state index contributed by atoms with van der Waals surface area (Å²) in [6.45, 7) is 7.14. The number of carbonyl (C=O) groups is 1. The summed E-state index contributed by atoms with van der Waals surface area (Å²) < 4.78 is 36.2. The molecule has 2 amide bonds. The maximum absolute atomic E-state index is 12.5. The molecule has 1 rings (SSSR count). The molecule has 2 N–H and O–H groups in total. The lowest BCUT2D eigenvalue weighted by Crippen LogP contribution is -2.39. The monoisotopic (exact) mass is 387 g/mol. The molecule has 0 saturated carbocycles. The standard InChI is InChI=1S/C17H29N3O5S/c1-6-26(22,23)19-15-8-7-14(11-16(15)25-5)18-17(21)20(9-10-24-4)12-13(2)3/h7-8,11,13,19H,6,9-10,12H2,1-5H3,(H,18,21). The molecule has 0 fully saturated rings. The number of rotatable bonds is 10. The van der Waals surface area contributed by atoms with E-state index in [1.54, 1.807) is 37.1 Å². The van der Waals surface area contributed by atoms with Gasteiger partial charge < -0.3 is 19.7 Å². The van der Waals surface area contributed by atoms with Crippen LogP contribution >= 0.6 is 0 Å². The quantitative estimate of drug-likeness (QED) is 0.643. The molecule has 26 heavy (non-hydrogen) atoms. The highest BCUT2D eigenvalue weighted by molar-refractivity contribution is 7.92. The van der Waals surface area contributed by atoms with Crippen LogP contribution in [0.5, 0.6) is 5.75 Å². The number of urea groups is 1. The van der Waals surface area contributed by atoms with Crippen molar-refractivity contribution in [3.05, 3.63) is 18.2 Å². The van der Waals surface area contributed by atoms with Gasteiger partial charge in [-0.15, -0.1) is 0 Å². The van der Waals surface area contributed by atoms with Crippen molar-refractivity contribution in [2.45, 2.75) is 20.8 Å². The van der Waals surface area contributed by atoms with Crippen molar-refractivity contribution in [2.24, 2.45) is 5.92 Å². The van der Waals surface area contributed by atoms with Crippen molar-refractivity contribution in [2.75, 3.05) is 49.7 Å². The summed E-state index contributed by atoms with van der Waals surface area (Å²) >= 11 is 0. The molecule has 0 unspecified atom stereocenters. The second kappa shape index (κ2) is 10.2. The molecule has 0 saturated heterocycles. The second-order valence-corrected chi connectivity index (χ2v) is 8.19. The maximum atomic E-state index is 12.5. The second-order valence-electron chi connectivity index (χ2n) is 6.18. The van der Waals surface area contributed by atoms with Crippen LogP contribution < -0.4 is 14.8 Å². The van der Waals surface area contributed by atoms with Crippen molar-refractivity contribution < 1.29 is 22.7 Å². The fourth-order valence-corrected chi connectivity index (χ4v) is 2.86. The zero-order valence-electron chi connectivity index (χ0n) is 16.0. The van der Waals surface area contributed by atoms with Crippen molar-refractivity contribution in [3.8, 4) is 5.75 Å². The summed E-state index contributed by atoms with van der Waals surface area (Å²) in [6.07, 6.45) is 0. The van der Waals surface area contributed by atoms with Gasteiger partial charge in [0.05, 0.1) is 25.2 Å². The molecule has 0 aliphatic rings. The molecule has 1 aromatic rings. The first-order chi connectivity index (χ1) is 12.2. The largest absolute Gasteiger partial charge is 0.494 e. The average Bonchev–Trinajstić information content (AvgIpc) is 2.59. The minimum atomic E-state index is -3.42. The molecule has 9 heteroatoms. The minimum Gasteiger partial charge on any atom is -0.494 e. The SMILES string of the molecule is CCS(=O)(=O)Nc1ccc(NC(=O)N(CCOC)CC(C)C)cc1OC. The lowest BCUT2D eigenvalue weighted by atomic mass is 10.2. The third-order valence-corrected chi connectivity index (χ3v) is 4.83. The Bertz CT molecular complexity index is 692. The number of nitrogens with one attached hydrogen (secondary N) is 2. The van der Waals surface area contributed by atoms with Crippen molar-refractivity contribution in [1.82, 2.24) is 4.90 Å². The van der Waals surface area contributed by atoms with Crippen LogP contribution in [0.4, 0.5) is 16.2 Å². The molecule has 148 valence electrons. The summed E-state index contributed by atoms with van der Waals surface area (Å²) in [5.41, 5.74) is 0.836. The van der Waals surface area contributed by atoms with E-state index in [0.717, 1.165) is 0 Å². The van der Waals surface area contributed by atoms with Crippen LogP contribution in [0, 0.1) is 5.92 Å². The van der Waals surface area contributed by atoms with Crippen LogP contribution in [-0.2, 0) is 14.8 Å². The zero-order valence-corrected chi connectivity index (χ0v) is 16.9. The van der Waals surface area contributed by atoms with Gasteiger partial charge in [0.1, 0.15) is 5.75 Å². The topological polar surface area (TPSA) is 97.0 Å². The van der Waals surface area contributed by atoms with E-state index < -0.39 is 10.0 Å². The Kier molecular flexibility index (Phi) is 8.67. The van der Waals surface area contributed by atoms with Crippen LogP contribution in [0.3, 0.4) is 0 Å². The first-order valence-electron chi connectivity index (χ1n) is 8.45. The summed E-state index contributed by atoms with van der Waals surface area (Å²) in [5, 5.41) is 2.81. The van der Waals surface area contributed by atoms with Crippen molar-refractivity contribution in [1.29, 1.82) is 0 Å². The molecule has 0 aliphatic heterocycles. The molecule has 0 aromatic heterocycles. The maximum Gasteiger partial charge on any atom is 0.321 e. The molecule has 1 aromatic carbocycles. The van der Waals surface area contributed by atoms with Crippen molar-refractivity contribution >= 4 is 27.4 Å². The molecule has 0 aliphatic carbocycles. The third kappa shape index (κ3) is 7.09. The number of amides is 2. The Balaban J connectivity index is 2.92. The van der Waals surface area contributed by atoms with E-state index in [-0.39, 0.29) is 11.8 Å². The van der Waals surface area contributed by atoms with E-state index in [1.165, 1.54) is 7.11 Å². The first-order valence-corrected chi connectivity index (χ1v) is 10.1. The van der Waals surface area contributed by atoms with Crippen LogP contribution in [0.1, 0.15) is 20.8 Å². The van der Waals surface area contributed by atoms with Gasteiger partial charge in [-0.3, -0.25) is 4.72 Å². The highest BCUT2D eigenvalue weighted by atomic mass is 32.2. The predicted molar refractivity (Wildman–Crippen MR) is 103 cm³/mol. The molecule has 0 heterocycles. The van der Waals surface area contributed by atoms with E-state index in [0.29, 0.717) is 42.7 Å². The fraction of sp³-hybridized carbons (Fsp3) is 0.588.